The molecule has 1 aliphatic heterocycles. The van der Waals surface area contributed by atoms with Crippen molar-refractivity contribution in [2.75, 3.05) is 25.0 Å². The van der Waals surface area contributed by atoms with Crippen LogP contribution in [0, 0.1) is 23.1 Å². The number of benzene rings is 4. The van der Waals surface area contributed by atoms with Crippen molar-refractivity contribution in [2.24, 2.45) is 17.3 Å². The number of likely N-dealkylation sites (tertiary alicyclic amines) is 1. The molecule has 4 aromatic rings. The van der Waals surface area contributed by atoms with Gasteiger partial charge in [-0.2, -0.15) is 0 Å². The van der Waals surface area contributed by atoms with E-state index in [9.17, 15) is 4.79 Å². The largest absolute Gasteiger partial charge is 0.490 e. The third-order valence-electron chi connectivity index (χ3n) is 12.9. The summed E-state index contributed by atoms with van der Waals surface area (Å²) in [7, 11) is 0. The Morgan fingerprint density at radius 2 is 1.59 bits per heavy atom. The van der Waals surface area contributed by atoms with Gasteiger partial charge in [0.25, 0.3) is 0 Å². The molecule has 0 radical (unpaired) electrons. The van der Waals surface area contributed by atoms with Crippen LogP contribution in [0.25, 0.3) is 0 Å². The van der Waals surface area contributed by atoms with Crippen LogP contribution in [0.15, 0.2) is 97.1 Å². The molecule has 1 N–H and O–H groups in total. The summed E-state index contributed by atoms with van der Waals surface area (Å²) < 4.78 is 35.6. The predicted molar refractivity (Wildman–Crippen MR) is 211 cm³/mol. The highest BCUT2D eigenvalue weighted by molar-refractivity contribution is 5.90. The maximum atomic E-state index is 15.6. The molecule has 3 fully saturated rings. The fraction of sp³-hybridized carbons (Fsp3) is 0.468. The molecular weight excluding hydrogens is 676 g/mol. The maximum absolute atomic E-state index is 15.6. The molecule has 8 rings (SSSR count). The zero-order valence-corrected chi connectivity index (χ0v) is 31.7. The second-order valence-electron chi connectivity index (χ2n) is 16.4. The molecule has 4 aliphatic rings. The summed E-state index contributed by atoms with van der Waals surface area (Å²) in [5, 5.41) is 2.81. The van der Waals surface area contributed by atoms with Gasteiger partial charge in [0.1, 0.15) is 30.0 Å². The molecule has 0 bridgehead atoms. The number of hydrogen-bond acceptors (Lipinski definition) is 5. The van der Waals surface area contributed by atoms with E-state index in [1.54, 1.807) is 6.07 Å². The molecule has 0 unspecified atom stereocenters. The molecule has 3 aliphatic carbocycles. The van der Waals surface area contributed by atoms with Crippen LogP contribution < -0.4 is 14.8 Å². The van der Waals surface area contributed by atoms with Crippen molar-refractivity contribution in [3.63, 3.8) is 0 Å². The van der Waals surface area contributed by atoms with Gasteiger partial charge < -0.3 is 24.4 Å². The van der Waals surface area contributed by atoms with Crippen molar-refractivity contribution in [2.45, 2.75) is 102 Å². The standard InChI is InChI=1S/C47H55FN2O4/c1-47-30-43(54-37-19-23-42(41(48)29-37)49-45(51)16-8-9-25-50-26-10-11-27-50)46-38-21-18-36(52-31-33-12-4-2-5-13-33)28-35(38)17-20-39(46)40(47)22-24-44(47)53-32-34-14-6-3-7-15-34/h2-7,12-15,18-19,21,23,28-29,39-40,43-44,46H,8-11,16-17,20,22,24-27,30-32H2,1H3,(H,49,51)/t39-,40-,43-,44-,46+,47-/m0/s1. The molecule has 0 spiro atoms. The van der Waals surface area contributed by atoms with Crippen LogP contribution in [0.4, 0.5) is 10.1 Å². The van der Waals surface area contributed by atoms with Crippen molar-refractivity contribution >= 4 is 11.6 Å². The number of anilines is 1. The number of nitrogens with one attached hydrogen (secondary N) is 1. The van der Waals surface area contributed by atoms with Crippen molar-refractivity contribution in [3.05, 3.63) is 125 Å². The van der Waals surface area contributed by atoms with Gasteiger partial charge in [-0.25, -0.2) is 4.39 Å². The van der Waals surface area contributed by atoms with Gasteiger partial charge in [-0.1, -0.05) is 73.7 Å². The third-order valence-corrected chi connectivity index (χ3v) is 12.9. The Balaban J connectivity index is 0.994. The highest BCUT2D eigenvalue weighted by atomic mass is 19.1. The zero-order chi connectivity index (χ0) is 36.9. The summed E-state index contributed by atoms with van der Waals surface area (Å²) in [6.07, 6.45) is 9.72. The third kappa shape index (κ3) is 8.23. The van der Waals surface area contributed by atoms with E-state index in [-0.39, 0.29) is 35.1 Å². The molecule has 1 heterocycles. The number of carbonyl (C=O) groups excluding carboxylic acids is 1. The SMILES string of the molecule is C[C@]12C[C@H](Oc3ccc(NC(=O)CCCCN4CCCC4)c(F)c3)[C@@H]3c4ccc(OCc5ccccc5)cc4CC[C@H]3[C@@H]1CC[C@@H]2OCc1ccccc1. The van der Waals surface area contributed by atoms with Gasteiger partial charge in [-0.3, -0.25) is 4.79 Å². The van der Waals surface area contributed by atoms with Crippen LogP contribution in [0.5, 0.6) is 11.5 Å². The molecular formula is C47H55FN2O4. The lowest BCUT2D eigenvalue weighted by atomic mass is 9.54. The zero-order valence-electron chi connectivity index (χ0n) is 31.7. The van der Waals surface area contributed by atoms with Crippen LogP contribution in [0.2, 0.25) is 0 Å². The van der Waals surface area contributed by atoms with Gasteiger partial charge in [0.15, 0.2) is 0 Å². The number of amides is 1. The van der Waals surface area contributed by atoms with Gasteiger partial charge in [0, 0.05) is 23.8 Å². The second-order valence-corrected chi connectivity index (χ2v) is 16.4. The van der Waals surface area contributed by atoms with Crippen molar-refractivity contribution in [1.82, 2.24) is 4.90 Å². The Morgan fingerprint density at radius 1 is 0.852 bits per heavy atom. The Morgan fingerprint density at radius 3 is 2.35 bits per heavy atom. The first kappa shape index (κ1) is 36.8. The Kier molecular flexibility index (Phi) is 11.3. The second kappa shape index (κ2) is 16.7. The molecule has 54 heavy (non-hydrogen) atoms. The minimum atomic E-state index is -0.469. The highest BCUT2D eigenvalue weighted by Crippen LogP contribution is 2.62. The number of fused-ring (bicyclic) bond motifs is 5. The van der Waals surface area contributed by atoms with Gasteiger partial charge >= 0.3 is 0 Å². The lowest BCUT2D eigenvalue weighted by molar-refractivity contribution is -0.116. The van der Waals surface area contributed by atoms with E-state index in [0.29, 0.717) is 37.2 Å². The van der Waals surface area contributed by atoms with Crippen molar-refractivity contribution in [1.29, 1.82) is 0 Å². The predicted octanol–water partition coefficient (Wildman–Crippen LogP) is 10.1. The highest BCUT2D eigenvalue weighted by Gasteiger charge is 2.59. The quantitative estimate of drug-likeness (QED) is 0.131. The topological polar surface area (TPSA) is 60.0 Å². The number of rotatable bonds is 14. The van der Waals surface area contributed by atoms with E-state index >= 15 is 4.39 Å². The molecule has 6 nitrogen and oxygen atoms in total. The lowest BCUT2D eigenvalue weighted by Crippen LogP contribution is -2.52. The molecule has 284 valence electrons. The van der Waals surface area contributed by atoms with E-state index < -0.39 is 5.82 Å². The fourth-order valence-corrected chi connectivity index (χ4v) is 10.2. The Bertz CT molecular complexity index is 1860. The number of halogens is 1. The smallest absolute Gasteiger partial charge is 0.224 e. The van der Waals surface area contributed by atoms with E-state index in [2.05, 4.69) is 71.7 Å². The van der Waals surface area contributed by atoms with Gasteiger partial charge in [0.05, 0.1) is 18.4 Å². The van der Waals surface area contributed by atoms with Gasteiger partial charge in [-0.05, 0) is 136 Å². The number of hydrogen-bond donors (Lipinski definition) is 1. The van der Waals surface area contributed by atoms with E-state index in [1.807, 2.05) is 30.3 Å². The number of carbonyl (C=O) groups is 1. The first-order valence-corrected chi connectivity index (χ1v) is 20.4. The number of ether oxygens (including phenoxy) is 3. The van der Waals surface area contributed by atoms with Crippen LogP contribution in [0.1, 0.15) is 92.9 Å². The monoisotopic (exact) mass is 730 g/mol. The normalized spacial score (nSPS) is 26.1. The molecule has 6 atom stereocenters. The molecule has 1 amide bonds. The number of aryl methyl sites for hydroxylation is 1. The lowest BCUT2D eigenvalue weighted by Gasteiger charge is -2.53. The Hall–Kier alpha value is -4.20. The first-order chi connectivity index (χ1) is 26.4. The average molecular weight is 731 g/mol. The summed E-state index contributed by atoms with van der Waals surface area (Å²) in [5.41, 5.74) is 5.11. The summed E-state index contributed by atoms with van der Waals surface area (Å²) in [4.78, 5) is 15.2. The summed E-state index contributed by atoms with van der Waals surface area (Å²) >= 11 is 0. The number of nitrogens with zero attached hydrogens (tertiary/aromatic N) is 1. The van der Waals surface area contributed by atoms with E-state index in [1.165, 1.54) is 35.6 Å². The minimum absolute atomic E-state index is 0.0713. The molecule has 2 saturated carbocycles. The molecule has 1 saturated heterocycles. The molecule has 7 heteroatoms. The van der Waals surface area contributed by atoms with Crippen LogP contribution >= 0.6 is 0 Å². The van der Waals surface area contributed by atoms with E-state index in [0.717, 1.165) is 75.9 Å². The van der Waals surface area contributed by atoms with Crippen LogP contribution in [-0.4, -0.2) is 42.6 Å². The molecule has 0 aromatic heterocycles. The van der Waals surface area contributed by atoms with Gasteiger partial charge in [-0.15, -0.1) is 0 Å². The fourth-order valence-electron chi connectivity index (χ4n) is 10.2. The summed E-state index contributed by atoms with van der Waals surface area (Å²) in [5.74, 6) is 1.88. The molecule has 4 aromatic carbocycles. The van der Waals surface area contributed by atoms with Crippen molar-refractivity contribution < 1.29 is 23.4 Å². The van der Waals surface area contributed by atoms with E-state index in [4.69, 9.17) is 14.2 Å². The first-order valence-electron chi connectivity index (χ1n) is 20.4. The average Bonchev–Trinajstić information content (AvgIpc) is 3.84. The van der Waals surface area contributed by atoms with Gasteiger partial charge in [0.2, 0.25) is 5.91 Å². The maximum Gasteiger partial charge on any atom is 0.224 e. The van der Waals surface area contributed by atoms with Crippen LogP contribution in [0.3, 0.4) is 0 Å². The Labute approximate surface area is 320 Å². The number of unbranched alkanes of at least 4 members (excludes halogenated alkanes) is 1. The summed E-state index contributed by atoms with van der Waals surface area (Å²) in [6, 6.07) is 32.2. The van der Waals surface area contributed by atoms with Crippen molar-refractivity contribution in [3.8, 4) is 11.5 Å². The van der Waals surface area contributed by atoms with Crippen LogP contribution in [-0.2, 0) is 29.2 Å². The minimum Gasteiger partial charge on any atom is -0.490 e. The summed E-state index contributed by atoms with van der Waals surface area (Å²) in [6.45, 7) is 6.89.